The summed E-state index contributed by atoms with van der Waals surface area (Å²) < 4.78 is 14.2. The van der Waals surface area contributed by atoms with Crippen molar-refractivity contribution < 1.29 is 14.3 Å². The second-order valence-electron chi connectivity index (χ2n) is 7.17. The summed E-state index contributed by atoms with van der Waals surface area (Å²) in [5.74, 6) is 0. The van der Waals surface area contributed by atoms with Crippen molar-refractivity contribution >= 4 is 6.03 Å². The van der Waals surface area contributed by atoms with Crippen LogP contribution in [-0.2, 0) is 22.6 Å². The molecule has 2 amide bonds. The number of carbonyl (C=O) groups is 1. The number of aromatic nitrogens is 2. The van der Waals surface area contributed by atoms with E-state index in [1.165, 1.54) is 5.56 Å². The van der Waals surface area contributed by atoms with Crippen LogP contribution in [0.5, 0.6) is 0 Å². The molecule has 0 saturated carbocycles. The number of amides is 2. The van der Waals surface area contributed by atoms with Crippen molar-refractivity contribution in [3.63, 3.8) is 0 Å². The van der Waals surface area contributed by atoms with Gasteiger partial charge in [-0.05, 0) is 26.7 Å². The topological polar surface area (TPSA) is 80.7 Å². The van der Waals surface area contributed by atoms with Crippen LogP contribution in [-0.4, -0.2) is 71.8 Å². The summed E-state index contributed by atoms with van der Waals surface area (Å²) in [5, 5.41) is 9.99. The molecule has 0 radical (unpaired) electrons. The van der Waals surface area contributed by atoms with Crippen molar-refractivity contribution in [3.8, 4) is 0 Å². The van der Waals surface area contributed by atoms with Gasteiger partial charge in [0, 0.05) is 51.0 Å². The highest BCUT2D eigenvalue weighted by Crippen LogP contribution is 2.33. The zero-order valence-corrected chi connectivity index (χ0v) is 15.9. The van der Waals surface area contributed by atoms with Gasteiger partial charge in [-0.1, -0.05) is 0 Å². The molecule has 2 saturated heterocycles. The molecule has 3 heterocycles. The molecule has 146 valence electrons. The van der Waals surface area contributed by atoms with Crippen LogP contribution in [0.1, 0.15) is 32.3 Å². The predicted molar refractivity (Wildman–Crippen MR) is 97.9 cm³/mol. The molecule has 1 aromatic heterocycles. The van der Waals surface area contributed by atoms with Gasteiger partial charge in [-0.2, -0.15) is 5.10 Å². The first-order chi connectivity index (χ1) is 12.6. The smallest absolute Gasteiger partial charge is 0.314 e. The average molecular weight is 365 g/mol. The van der Waals surface area contributed by atoms with Crippen molar-refractivity contribution in [2.45, 2.75) is 51.5 Å². The molecule has 0 aliphatic carbocycles. The Kier molecular flexibility index (Phi) is 6.50. The number of carbonyl (C=O) groups excluding carboxylic acids is 1. The van der Waals surface area contributed by atoms with Crippen molar-refractivity contribution in [1.82, 2.24) is 25.3 Å². The van der Waals surface area contributed by atoms with E-state index < -0.39 is 0 Å². The summed E-state index contributed by atoms with van der Waals surface area (Å²) in [7, 11) is 0. The Morgan fingerprint density at radius 3 is 3.08 bits per heavy atom. The average Bonchev–Trinajstić information content (AvgIpc) is 3.18. The highest BCUT2D eigenvalue weighted by atomic mass is 16.6. The Bertz CT molecular complexity index is 593. The highest BCUT2D eigenvalue weighted by Gasteiger charge is 2.43. The molecule has 8 nitrogen and oxygen atoms in total. The van der Waals surface area contributed by atoms with Crippen LogP contribution in [0.2, 0.25) is 0 Å². The van der Waals surface area contributed by atoms with Gasteiger partial charge in [0.15, 0.2) is 0 Å². The number of urea groups is 1. The fourth-order valence-corrected chi connectivity index (χ4v) is 3.73. The Morgan fingerprint density at radius 1 is 1.42 bits per heavy atom. The Labute approximate surface area is 155 Å². The lowest BCUT2D eigenvalue weighted by atomic mass is 10.00. The van der Waals surface area contributed by atoms with E-state index in [2.05, 4.69) is 33.8 Å². The summed E-state index contributed by atoms with van der Waals surface area (Å²) in [6, 6.07) is -0.135. The Balaban J connectivity index is 1.54. The first-order valence-electron chi connectivity index (χ1n) is 9.63. The van der Waals surface area contributed by atoms with Gasteiger partial charge >= 0.3 is 6.03 Å². The third-order valence-electron chi connectivity index (χ3n) is 5.01. The predicted octanol–water partition coefficient (Wildman–Crippen LogP) is 0.972. The minimum atomic E-state index is -0.273. The van der Waals surface area contributed by atoms with E-state index in [-0.39, 0.29) is 17.7 Å². The molecule has 26 heavy (non-hydrogen) atoms. The molecule has 2 N–H and O–H groups in total. The molecule has 2 fully saturated rings. The second kappa shape index (κ2) is 8.83. The molecule has 2 aliphatic heterocycles. The minimum Gasteiger partial charge on any atom is -0.377 e. The van der Waals surface area contributed by atoms with Crippen LogP contribution in [0.25, 0.3) is 0 Å². The van der Waals surface area contributed by atoms with Gasteiger partial charge in [0.05, 0.1) is 25.5 Å². The zero-order valence-electron chi connectivity index (χ0n) is 15.9. The summed E-state index contributed by atoms with van der Waals surface area (Å²) in [6.45, 7) is 9.98. The summed E-state index contributed by atoms with van der Waals surface area (Å²) >= 11 is 0. The standard InChI is InChI=1S/C18H31N5O3/c1-3-19-17(24)20-10-16-5-6-18(26-16)13-22(7-8-25-14-18)11-15-9-21-23(4-2)12-15/h9,12,16H,3-8,10-11,13-14H2,1-2H3,(H2,19,20,24)/t16-,18-/m0/s1. The van der Waals surface area contributed by atoms with Crippen LogP contribution in [0, 0.1) is 0 Å². The van der Waals surface area contributed by atoms with Crippen molar-refractivity contribution in [1.29, 1.82) is 0 Å². The number of nitrogens with one attached hydrogen (secondary N) is 2. The fraction of sp³-hybridized carbons (Fsp3) is 0.778. The first kappa shape index (κ1) is 19.1. The normalized spacial score (nSPS) is 26.8. The molecular weight excluding hydrogens is 334 g/mol. The quantitative estimate of drug-likeness (QED) is 0.785. The van der Waals surface area contributed by atoms with Crippen LogP contribution in [0.3, 0.4) is 0 Å². The first-order valence-corrected chi connectivity index (χ1v) is 9.63. The second-order valence-corrected chi connectivity index (χ2v) is 7.17. The van der Waals surface area contributed by atoms with E-state index in [0.717, 1.165) is 45.6 Å². The maximum Gasteiger partial charge on any atom is 0.314 e. The van der Waals surface area contributed by atoms with E-state index in [1.807, 2.05) is 17.8 Å². The van der Waals surface area contributed by atoms with Crippen molar-refractivity contribution in [2.75, 3.05) is 39.4 Å². The summed E-state index contributed by atoms with van der Waals surface area (Å²) in [5.41, 5.74) is 0.946. The molecule has 0 unspecified atom stereocenters. The largest absolute Gasteiger partial charge is 0.377 e. The lowest BCUT2D eigenvalue weighted by Gasteiger charge is -2.31. The molecule has 2 aliphatic rings. The molecule has 0 bridgehead atoms. The van der Waals surface area contributed by atoms with Crippen molar-refractivity contribution in [3.05, 3.63) is 18.0 Å². The van der Waals surface area contributed by atoms with Crippen LogP contribution in [0.4, 0.5) is 4.79 Å². The van der Waals surface area contributed by atoms with Gasteiger partial charge in [0.1, 0.15) is 5.60 Å². The summed E-state index contributed by atoms with van der Waals surface area (Å²) in [6.07, 6.45) is 5.99. The van der Waals surface area contributed by atoms with E-state index in [0.29, 0.717) is 19.7 Å². The number of ether oxygens (including phenoxy) is 2. The van der Waals surface area contributed by atoms with Crippen LogP contribution >= 0.6 is 0 Å². The molecular formula is C18H31N5O3. The summed E-state index contributed by atoms with van der Waals surface area (Å²) in [4.78, 5) is 14.0. The van der Waals surface area contributed by atoms with E-state index >= 15 is 0 Å². The van der Waals surface area contributed by atoms with E-state index in [9.17, 15) is 4.79 Å². The van der Waals surface area contributed by atoms with E-state index in [4.69, 9.17) is 9.47 Å². The minimum absolute atomic E-state index is 0.0454. The molecule has 8 heteroatoms. The molecule has 2 atom stereocenters. The third kappa shape index (κ3) is 4.96. The number of hydrogen-bond donors (Lipinski definition) is 2. The Morgan fingerprint density at radius 2 is 2.31 bits per heavy atom. The van der Waals surface area contributed by atoms with Gasteiger partial charge in [-0.15, -0.1) is 0 Å². The highest BCUT2D eigenvalue weighted by molar-refractivity contribution is 5.73. The van der Waals surface area contributed by atoms with Crippen LogP contribution in [0.15, 0.2) is 12.4 Å². The number of aryl methyl sites for hydroxylation is 1. The zero-order chi connectivity index (χ0) is 18.4. The Hall–Kier alpha value is -1.64. The maximum atomic E-state index is 11.6. The molecule has 3 rings (SSSR count). The maximum absolute atomic E-state index is 11.6. The van der Waals surface area contributed by atoms with E-state index in [1.54, 1.807) is 0 Å². The van der Waals surface area contributed by atoms with Gasteiger partial charge < -0.3 is 20.1 Å². The lowest BCUT2D eigenvalue weighted by Crippen LogP contribution is -2.45. The van der Waals surface area contributed by atoms with Crippen LogP contribution < -0.4 is 10.6 Å². The third-order valence-corrected chi connectivity index (χ3v) is 5.01. The van der Waals surface area contributed by atoms with Gasteiger partial charge in [0.2, 0.25) is 0 Å². The molecule has 0 aromatic carbocycles. The number of rotatable bonds is 6. The SMILES string of the molecule is CCNC(=O)NC[C@@H]1CC[C@]2(COCCN(Cc3cnn(CC)c3)C2)O1. The molecule has 1 aromatic rings. The molecule has 1 spiro atoms. The van der Waals surface area contributed by atoms with Gasteiger partial charge in [-0.3, -0.25) is 9.58 Å². The van der Waals surface area contributed by atoms with Crippen molar-refractivity contribution in [2.24, 2.45) is 0 Å². The number of nitrogens with zero attached hydrogens (tertiary/aromatic N) is 3. The van der Waals surface area contributed by atoms with Gasteiger partial charge in [0.25, 0.3) is 0 Å². The lowest BCUT2D eigenvalue weighted by molar-refractivity contribution is -0.0847. The number of hydrogen-bond acceptors (Lipinski definition) is 5. The fourth-order valence-electron chi connectivity index (χ4n) is 3.73. The van der Waals surface area contributed by atoms with Gasteiger partial charge in [-0.25, -0.2) is 4.79 Å². The monoisotopic (exact) mass is 365 g/mol.